The number of H-pyrrole nitrogens is 1. The molecule has 0 aliphatic carbocycles. The number of carbonyl (C=O) groups is 1. The normalized spacial score (nSPS) is 18.5. The fraction of sp³-hybridized carbons (Fsp3) is 0.389. The Labute approximate surface area is 155 Å². The van der Waals surface area contributed by atoms with Gasteiger partial charge in [0.1, 0.15) is 17.6 Å². The molecule has 9 heteroatoms. The molecule has 3 heterocycles. The van der Waals surface area contributed by atoms with Crippen LogP contribution in [0.5, 0.6) is 0 Å². The van der Waals surface area contributed by atoms with Crippen molar-refractivity contribution in [2.45, 2.75) is 39.4 Å². The minimum absolute atomic E-state index is 0.0126. The molecule has 2 aromatic rings. The molecule has 0 spiro atoms. The van der Waals surface area contributed by atoms with Crippen LogP contribution in [0.4, 0.5) is 8.78 Å². The van der Waals surface area contributed by atoms with Crippen LogP contribution in [0.3, 0.4) is 0 Å². The summed E-state index contributed by atoms with van der Waals surface area (Å²) in [5, 5.41) is 6.39. The van der Waals surface area contributed by atoms with Gasteiger partial charge < -0.3 is 21.4 Å². The van der Waals surface area contributed by atoms with E-state index >= 15 is 0 Å². The van der Waals surface area contributed by atoms with Gasteiger partial charge >= 0.3 is 0 Å². The second-order valence-electron chi connectivity index (χ2n) is 7.57. The van der Waals surface area contributed by atoms with Crippen molar-refractivity contribution in [3.8, 4) is 0 Å². The molecule has 2 aromatic heterocycles. The van der Waals surface area contributed by atoms with Crippen molar-refractivity contribution >= 4 is 22.8 Å². The predicted molar refractivity (Wildman–Crippen MR) is 98.7 cm³/mol. The molecule has 3 rings (SSSR count). The van der Waals surface area contributed by atoms with E-state index in [1.54, 1.807) is 6.20 Å². The van der Waals surface area contributed by atoms with Gasteiger partial charge in [0.2, 0.25) is 5.91 Å². The molecular formula is C18H22F2N6O. The zero-order chi connectivity index (χ0) is 19.8. The lowest BCUT2D eigenvalue weighted by Crippen LogP contribution is -2.47. The number of pyridine rings is 1. The number of fused-ring (bicyclic) bond motifs is 1. The zero-order valence-corrected chi connectivity index (χ0v) is 15.3. The molecule has 27 heavy (non-hydrogen) atoms. The lowest BCUT2D eigenvalue weighted by atomic mass is 9.84. The van der Waals surface area contributed by atoms with Crippen LogP contribution in [-0.2, 0) is 4.79 Å². The van der Waals surface area contributed by atoms with Gasteiger partial charge in [-0.05, 0) is 11.5 Å². The van der Waals surface area contributed by atoms with Crippen molar-refractivity contribution in [1.29, 1.82) is 0 Å². The Bertz CT molecular complexity index is 928. The van der Waals surface area contributed by atoms with Crippen molar-refractivity contribution in [2.75, 3.05) is 0 Å². The largest absolute Gasteiger partial charge is 0.370 e. The van der Waals surface area contributed by atoms with Gasteiger partial charge in [-0.2, -0.15) is 0 Å². The van der Waals surface area contributed by atoms with Gasteiger partial charge in [0.25, 0.3) is 0 Å². The number of hydrogen-bond donors (Lipinski definition) is 4. The third-order valence-electron chi connectivity index (χ3n) is 4.44. The molecular weight excluding hydrogens is 354 g/mol. The first-order valence-corrected chi connectivity index (χ1v) is 8.52. The van der Waals surface area contributed by atoms with E-state index in [9.17, 15) is 13.6 Å². The number of carbonyl (C=O) groups excluding carboxylic acids is 1. The molecule has 0 saturated heterocycles. The number of rotatable bonds is 4. The van der Waals surface area contributed by atoms with Crippen LogP contribution in [0.25, 0.3) is 11.0 Å². The van der Waals surface area contributed by atoms with Crippen molar-refractivity contribution in [3.05, 3.63) is 41.9 Å². The van der Waals surface area contributed by atoms with Gasteiger partial charge in [-0.3, -0.25) is 4.79 Å². The number of primary amides is 1. The predicted octanol–water partition coefficient (Wildman–Crippen LogP) is 2.39. The van der Waals surface area contributed by atoms with Crippen LogP contribution in [-0.4, -0.2) is 27.8 Å². The maximum absolute atomic E-state index is 14.3. The Balaban J connectivity index is 1.92. The summed E-state index contributed by atoms with van der Waals surface area (Å²) in [5.41, 5.74) is 6.11. The molecule has 0 bridgehead atoms. The first kappa shape index (κ1) is 18.8. The number of nitrogens with two attached hydrogens (primary N) is 1. The number of amidine groups is 1. The Hall–Kier alpha value is -2.97. The summed E-state index contributed by atoms with van der Waals surface area (Å²) in [6, 6.07) is 0.937. The number of amides is 1. The maximum Gasteiger partial charge on any atom is 0.219 e. The third-order valence-corrected chi connectivity index (χ3v) is 4.44. The summed E-state index contributed by atoms with van der Waals surface area (Å²) in [6.07, 6.45) is 3.35. The van der Waals surface area contributed by atoms with E-state index < -0.39 is 29.8 Å². The van der Waals surface area contributed by atoms with E-state index in [2.05, 4.69) is 25.6 Å². The van der Waals surface area contributed by atoms with Gasteiger partial charge in [-0.25, -0.2) is 18.8 Å². The fourth-order valence-electron chi connectivity index (χ4n) is 2.88. The molecule has 5 N–H and O–H groups in total. The Kier molecular flexibility index (Phi) is 4.86. The number of nitrogens with zero attached hydrogens (tertiary/aromatic N) is 2. The highest BCUT2D eigenvalue weighted by atomic mass is 19.1. The van der Waals surface area contributed by atoms with Crippen LogP contribution >= 0.6 is 0 Å². The minimum Gasteiger partial charge on any atom is -0.370 e. The smallest absolute Gasteiger partial charge is 0.219 e. The van der Waals surface area contributed by atoms with Crippen molar-refractivity contribution in [3.63, 3.8) is 0 Å². The van der Waals surface area contributed by atoms with Crippen LogP contribution in [0.15, 0.2) is 35.5 Å². The molecule has 2 atom stereocenters. The lowest BCUT2D eigenvalue weighted by molar-refractivity contribution is -0.119. The third kappa shape index (κ3) is 4.07. The highest BCUT2D eigenvalue weighted by molar-refractivity contribution is 5.97. The number of aromatic nitrogens is 2. The average Bonchev–Trinajstić information content (AvgIpc) is 2.98. The molecule has 1 aliphatic heterocycles. The highest BCUT2D eigenvalue weighted by Crippen LogP contribution is 2.28. The average molecular weight is 376 g/mol. The Morgan fingerprint density at radius 2 is 2.15 bits per heavy atom. The summed E-state index contributed by atoms with van der Waals surface area (Å²) >= 11 is 0. The standard InChI is InChI=1S/C18H22F2N6O/c1-18(2,3)13(5-14(21)27)25-17-12(20)8-24-16(26-17)11-7-23-15-10(11)4-9(19)6-22-15/h4,6-8,13,16,24H,5H2,1-3H3,(H2,21,27)(H,22,23)(H,25,26). The molecule has 0 fully saturated rings. The number of aliphatic imine (C=N–C) groups is 1. The Morgan fingerprint density at radius 3 is 2.81 bits per heavy atom. The van der Waals surface area contributed by atoms with Crippen LogP contribution in [0, 0.1) is 11.2 Å². The number of hydrogen-bond acceptors (Lipinski definition) is 5. The van der Waals surface area contributed by atoms with Gasteiger partial charge in [0.05, 0.1) is 6.20 Å². The van der Waals surface area contributed by atoms with E-state index in [0.717, 1.165) is 6.20 Å². The summed E-state index contributed by atoms with van der Waals surface area (Å²) in [6.45, 7) is 5.76. The number of halogens is 2. The quantitative estimate of drug-likeness (QED) is 0.657. The first-order chi connectivity index (χ1) is 12.6. The van der Waals surface area contributed by atoms with E-state index in [-0.39, 0.29) is 17.7 Å². The SMILES string of the molecule is CC(C)(C)C(CC(N)=O)NC1=NC(c2c[nH]c3ncc(F)cc23)NC=C1F. The van der Waals surface area contributed by atoms with Crippen molar-refractivity contribution in [2.24, 2.45) is 16.1 Å². The Morgan fingerprint density at radius 1 is 1.41 bits per heavy atom. The fourth-order valence-corrected chi connectivity index (χ4v) is 2.88. The van der Waals surface area contributed by atoms with Gasteiger partial charge in [-0.1, -0.05) is 20.8 Å². The molecule has 0 saturated carbocycles. The molecule has 7 nitrogen and oxygen atoms in total. The van der Waals surface area contributed by atoms with Gasteiger partial charge in [-0.15, -0.1) is 0 Å². The maximum atomic E-state index is 14.3. The molecule has 1 amide bonds. The van der Waals surface area contributed by atoms with Crippen LogP contribution < -0.4 is 16.4 Å². The monoisotopic (exact) mass is 376 g/mol. The van der Waals surface area contributed by atoms with Gasteiger partial charge in [0, 0.05) is 35.8 Å². The van der Waals surface area contributed by atoms with E-state index in [0.29, 0.717) is 16.6 Å². The second kappa shape index (κ2) is 6.98. The van der Waals surface area contributed by atoms with Crippen LogP contribution in [0.1, 0.15) is 38.9 Å². The minimum atomic E-state index is -0.640. The molecule has 2 unspecified atom stereocenters. The van der Waals surface area contributed by atoms with Gasteiger partial charge in [0.15, 0.2) is 11.7 Å². The van der Waals surface area contributed by atoms with E-state index in [1.165, 1.54) is 12.3 Å². The van der Waals surface area contributed by atoms with E-state index in [4.69, 9.17) is 5.73 Å². The molecule has 1 aliphatic rings. The lowest BCUT2D eigenvalue weighted by Gasteiger charge is -2.32. The van der Waals surface area contributed by atoms with Crippen LogP contribution in [0.2, 0.25) is 0 Å². The molecule has 0 radical (unpaired) electrons. The molecule has 0 aromatic carbocycles. The second-order valence-corrected chi connectivity index (χ2v) is 7.57. The number of nitrogens with one attached hydrogen (secondary N) is 3. The summed E-state index contributed by atoms with van der Waals surface area (Å²) in [4.78, 5) is 22.7. The topological polar surface area (TPSA) is 108 Å². The first-order valence-electron chi connectivity index (χ1n) is 8.52. The summed E-state index contributed by atoms with van der Waals surface area (Å²) < 4.78 is 27.9. The van der Waals surface area contributed by atoms with Crippen molar-refractivity contribution < 1.29 is 13.6 Å². The number of aromatic amines is 1. The van der Waals surface area contributed by atoms with Crippen molar-refractivity contribution in [1.82, 2.24) is 20.6 Å². The summed E-state index contributed by atoms with van der Waals surface area (Å²) in [5.74, 6) is -1.54. The molecule has 144 valence electrons. The highest BCUT2D eigenvalue weighted by Gasteiger charge is 2.30. The zero-order valence-electron chi connectivity index (χ0n) is 15.3. The van der Waals surface area contributed by atoms with E-state index in [1.807, 2.05) is 20.8 Å². The summed E-state index contributed by atoms with van der Waals surface area (Å²) in [7, 11) is 0.